The summed E-state index contributed by atoms with van der Waals surface area (Å²) in [6.07, 6.45) is -0.0112. The van der Waals surface area contributed by atoms with Crippen LogP contribution in [0.25, 0.3) is 0 Å². The Morgan fingerprint density at radius 1 is 1.36 bits per heavy atom. The van der Waals surface area contributed by atoms with Gasteiger partial charge in [0.05, 0.1) is 30.9 Å². The van der Waals surface area contributed by atoms with E-state index in [0.29, 0.717) is 17.3 Å². The van der Waals surface area contributed by atoms with E-state index >= 15 is 0 Å². The molecule has 2 atom stereocenters. The predicted molar refractivity (Wildman–Crippen MR) is 87.3 cm³/mol. The minimum atomic E-state index is -0.540. The number of methoxy groups -OCH3 is 1. The molecule has 0 saturated carbocycles. The highest BCUT2D eigenvalue weighted by molar-refractivity contribution is 6.64. The Bertz CT molecular complexity index is 601. The van der Waals surface area contributed by atoms with E-state index in [1.165, 1.54) is 4.90 Å². The van der Waals surface area contributed by atoms with Crippen molar-refractivity contribution in [3.63, 3.8) is 0 Å². The summed E-state index contributed by atoms with van der Waals surface area (Å²) in [4.78, 5) is 17.9. The van der Waals surface area contributed by atoms with E-state index in [4.69, 9.17) is 21.1 Å². The second-order valence-corrected chi connectivity index (χ2v) is 5.91. The van der Waals surface area contributed by atoms with Gasteiger partial charge in [-0.25, -0.2) is 0 Å². The van der Waals surface area contributed by atoms with Crippen LogP contribution in [0, 0.1) is 0 Å². The summed E-state index contributed by atoms with van der Waals surface area (Å²) in [6.45, 7) is 7.76. The molecule has 120 valence electrons. The standard InChI is InChI=1S/C16H21ClN2O3/c1-9(2)22-14-8-12(21-5)6-7-13(14)15-18-10(3)11(4)19(15)16(17)20/h6-11H,1-5H3. The normalized spacial score (nSPS) is 21.0. The van der Waals surface area contributed by atoms with Crippen LogP contribution in [0.15, 0.2) is 23.2 Å². The molecule has 1 amide bonds. The van der Waals surface area contributed by atoms with E-state index in [-0.39, 0.29) is 18.2 Å². The van der Waals surface area contributed by atoms with Crippen LogP contribution in [0.5, 0.6) is 11.5 Å². The lowest BCUT2D eigenvalue weighted by Gasteiger charge is -2.23. The van der Waals surface area contributed by atoms with Gasteiger partial charge in [0.25, 0.3) is 0 Å². The van der Waals surface area contributed by atoms with E-state index in [1.807, 2.05) is 39.8 Å². The van der Waals surface area contributed by atoms with Crippen molar-refractivity contribution in [2.75, 3.05) is 7.11 Å². The van der Waals surface area contributed by atoms with E-state index in [1.54, 1.807) is 13.2 Å². The van der Waals surface area contributed by atoms with Crippen LogP contribution in [0.4, 0.5) is 4.79 Å². The summed E-state index contributed by atoms with van der Waals surface area (Å²) >= 11 is 5.75. The maximum Gasteiger partial charge on any atom is 0.322 e. The quantitative estimate of drug-likeness (QED) is 0.627. The van der Waals surface area contributed by atoms with Crippen LogP contribution in [0.2, 0.25) is 0 Å². The number of carbonyl (C=O) groups is 1. The molecule has 1 aromatic carbocycles. The molecule has 0 spiro atoms. The van der Waals surface area contributed by atoms with Crippen LogP contribution in [0.3, 0.4) is 0 Å². The van der Waals surface area contributed by atoms with Gasteiger partial charge in [-0.3, -0.25) is 14.7 Å². The first-order chi connectivity index (χ1) is 10.3. The molecule has 2 rings (SSSR count). The summed E-state index contributed by atoms with van der Waals surface area (Å²) in [5.74, 6) is 1.85. The number of hydrogen-bond donors (Lipinski definition) is 0. The molecule has 0 fully saturated rings. The van der Waals surface area contributed by atoms with E-state index in [9.17, 15) is 4.79 Å². The van der Waals surface area contributed by atoms with Crippen LogP contribution in [0.1, 0.15) is 33.3 Å². The van der Waals surface area contributed by atoms with Gasteiger partial charge in [0.1, 0.15) is 17.3 Å². The molecular weight excluding hydrogens is 304 g/mol. The van der Waals surface area contributed by atoms with E-state index < -0.39 is 5.37 Å². The summed E-state index contributed by atoms with van der Waals surface area (Å²) in [6, 6.07) is 5.34. The Labute approximate surface area is 135 Å². The number of hydrogen-bond acceptors (Lipinski definition) is 4. The number of rotatable bonds is 4. The van der Waals surface area contributed by atoms with Gasteiger partial charge < -0.3 is 9.47 Å². The third kappa shape index (κ3) is 3.19. The smallest absolute Gasteiger partial charge is 0.322 e. The fraction of sp³-hybridized carbons (Fsp3) is 0.500. The van der Waals surface area contributed by atoms with Crippen molar-refractivity contribution in [1.82, 2.24) is 4.90 Å². The van der Waals surface area contributed by atoms with Gasteiger partial charge in [0.15, 0.2) is 0 Å². The third-order valence-electron chi connectivity index (χ3n) is 3.64. The molecule has 6 heteroatoms. The summed E-state index contributed by atoms with van der Waals surface area (Å²) in [5, 5.41) is -0.540. The molecule has 0 N–H and O–H groups in total. The van der Waals surface area contributed by atoms with Crippen molar-refractivity contribution in [1.29, 1.82) is 0 Å². The Balaban J connectivity index is 2.50. The van der Waals surface area contributed by atoms with Gasteiger partial charge in [-0.2, -0.15) is 0 Å². The first-order valence-electron chi connectivity index (χ1n) is 7.26. The third-order valence-corrected chi connectivity index (χ3v) is 3.82. The van der Waals surface area contributed by atoms with Crippen molar-refractivity contribution >= 4 is 22.8 Å². The molecule has 5 nitrogen and oxygen atoms in total. The summed E-state index contributed by atoms with van der Waals surface area (Å²) in [5.41, 5.74) is 0.736. The second kappa shape index (κ2) is 6.57. The average molecular weight is 325 g/mol. The lowest BCUT2D eigenvalue weighted by atomic mass is 10.1. The number of ether oxygens (including phenoxy) is 2. The number of amides is 1. The van der Waals surface area contributed by atoms with Gasteiger partial charge in [-0.15, -0.1) is 0 Å². The van der Waals surface area contributed by atoms with Crippen LogP contribution < -0.4 is 9.47 Å². The molecule has 1 aliphatic heterocycles. The molecule has 0 aromatic heterocycles. The number of benzene rings is 1. The molecule has 1 aromatic rings. The molecule has 0 bridgehead atoms. The largest absolute Gasteiger partial charge is 0.497 e. The van der Waals surface area contributed by atoms with Gasteiger partial charge in [0, 0.05) is 6.07 Å². The maximum atomic E-state index is 11.8. The molecular formula is C16H21ClN2O3. The lowest BCUT2D eigenvalue weighted by Crippen LogP contribution is -2.39. The Hall–Kier alpha value is -1.75. The molecule has 1 aliphatic rings. The first kappa shape index (κ1) is 16.6. The van der Waals surface area contributed by atoms with Crippen LogP contribution in [-0.2, 0) is 0 Å². The fourth-order valence-electron chi connectivity index (χ4n) is 2.38. The number of halogens is 1. The van der Waals surface area contributed by atoms with Gasteiger partial charge in [-0.05, 0) is 51.4 Å². The molecule has 2 unspecified atom stereocenters. The highest BCUT2D eigenvalue weighted by atomic mass is 35.5. The van der Waals surface area contributed by atoms with E-state index in [2.05, 4.69) is 4.99 Å². The number of aliphatic imine (C=N–C) groups is 1. The number of carbonyl (C=O) groups excluding carboxylic acids is 1. The average Bonchev–Trinajstić information content (AvgIpc) is 2.74. The van der Waals surface area contributed by atoms with Gasteiger partial charge >= 0.3 is 5.37 Å². The highest BCUT2D eigenvalue weighted by Gasteiger charge is 2.36. The molecule has 1 heterocycles. The van der Waals surface area contributed by atoms with Crippen molar-refractivity contribution in [2.45, 2.75) is 45.9 Å². The molecule has 22 heavy (non-hydrogen) atoms. The Kier molecular flexibility index (Phi) is 4.96. The zero-order valence-corrected chi connectivity index (χ0v) is 14.2. The monoisotopic (exact) mass is 324 g/mol. The zero-order chi connectivity index (χ0) is 16.4. The summed E-state index contributed by atoms with van der Waals surface area (Å²) in [7, 11) is 1.60. The minimum Gasteiger partial charge on any atom is -0.497 e. The number of nitrogens with zero attached hydrogens (tertiary/aromatic N) is 2. The molecule has 0 aliphatic carbocycles. The van der Waals surface area contributed by atoms with Crippen LogP contribution in [-0.4, -0.2) is 41.4 Å². The van der Waals surface area contributed by atoms with Crippen molar-refractivity contribution < 1.29 is 14.3 Å². The maximum absolute atomic E-state index is 11.8. The highest BCUT2D eigenvalue weighted by Crippen LogP contribution is 2.31. The fourth-order valence-corrected chi connectivity index (χ4v) is 2.61. The van der Waals surface area contributed by atoms with Crippen molar-refractivity contribution in [3.05, 3.63) is 23.8 Å². The van der Waals surface area contributed by atoms with Crippen molar-refractivity contribution in [3.8, 4) is 11.5 Å². The second-order valence-electron chi connectivity index (χ2n) is 5.59. The molecule has 0 saturated heterocycles. The van der Waals surface area contributed by atoms with Crippen LogP contribution >= 0.6 is 11.6 Å². The van der Waals surface area contributed by atoms with Gasteiger partial charge in [0.2, 0.25) is 0 Å². The zero-order valence-electron chi connectivity index (χ0n) is 13.5. The van der Waals surface area contributed by atoms with Crippen molar-refractivity contribution in [2.24, 2.45) is 4.99 Å². The van der Waals surface area contributed by atoms with E-state index in [0.717, 1.165) is 5.56 Å². The topological polar surface area (TPSA) is 51.1 Å². The first-order valence-corrected chi connectivity index (χ1v) is 7.64. The number of amidine groups is 1. The van der Waals surface area contributed by atoms with Gasteiger partial charge in [-0.1, -0.05) is 0 Å². The minimum absolute atomic E-state index is 0.0112. The SMILES string of the molecule is COc1ccc(C2=NC(C)C(C)N2C(=O)Cl)c(OC(C)C)c1. The predicted octanol–water partition coefficient (Wildman–Crippen LogP) is 3.68. The molecule has 0 radical (unpaired) electrons. The Morgan fingerprint density at radius 2 is 2.05 bits per heavy atom. The lowest BCUT2D eigenvalue weighted by molar-refractivity contribution is 0.233. The summed E-state index contributed by atoms with van der Waals surface area (Å²) < 4.78 is 11.1. The Morgan fingerprint density at radius 3 is 2.59 bits per heavy atom.